The predicted octanol–water partition coefficient (Wildman–Crippen LogP) is -4.19. The zero-order valence-corrected chi connectivity index (χ0v) is 64.8. The van der Waals surface area contributed by atoms with Crippen molar-refractivity contribution in [2.24, 2.45) is 113 Å². The van der Waals surface area contributed by atoms with Crippen LogP contribution in [-0.2, 0) is 64.0 Å². The van der Waals surface area contributed by atoms with E-state index < -0.39 is 167 Å². The number of nitrogens with two attached hydrogens (primary N) is 10. The summed E-state index contributed by atoms with van der Waals surface area (Å²) < 4.78 is 0. The first-order chi connectivity index (χ1) is 50.6. The van der Waals surface area contributed by atoms with Gasteiger partial charge in [0.25, 0.3) is 0 Å². The molecule has 108 heavy (non-hydrogen) atoms. The van der Waals surface area contributed by atoms with Crippen LogP contribution in [0.25, 0.3) is 10.9 Å². The van der Waals surface area contributed by atoms with E-state index in [0.717, 1.165) is 0 Å². The van der Waals surface area contributed by atoms with Gasteiger partial charge in [-0.25, -0.2) is 0 Å². The molecule has 0 aliphatic carbocycles. The minimum Gasteiger partial charge on any atom is -0.370 e. The first-order valence-corrected chi connectivity index (χ1v) is 36.8. The number of aliphatic imine (C=N–C) groups is 4. The van der Waals surface area contributed by atoms with E-state index in [1.807, 2.05) is 13.8 Å². The van der Waals surface area contributed by atoms with Gasteiger partial charge >= 0.3 is 0 Å². The van der Waals surface area contributed by atoms with Crippen LogP contribution in [0.3, 0.4) is 0 Å². The Bertz CT molecular complexity index is 3430. The molecule has 0 unspecified atom stereocenters. The summed E-state index contributed by atoms with van der Waals surface area (Å²) in [5.74, 6) is -13.3. The molecule has 38 heteroatoms. The third-order valence-corrected chi connectivity index (χ3v) is 18.0. The van der Waals surface area contributed by atoms with Crippen molar-refractivity contribution in [3.8, 4) is 0 Å². The van der Waals surface area contributed by atoms with Crippen LogP contribution in [0.5, 0.6) is 0 Å². The number of guanidine groups is 4. The Balaban J connectivity index is 2.51. The van der Waals surface area contributed by atoms with Crippen molar-refractivity contribution < 1.29 is 57.5 Å². The molecule has 0 spiro atoms. The van der Waals surface area contributed by atoms with Gasteiger partial charge in [0.15, 0.2) is 23.8 Å². The zero-order valence-electron chi connectivity index (χ0n) is 64.8. The fourth-order valence-electron chi connectivity index (χ4n) is 11.1. The normalized spacial score (nSPS) is 15.2. The fraction of sp³-hybridized carbons (Fsp3) is 0.657. The number of H-pyrrole nitrogens is 1. The molecule has 1 aromatic carbocycles. The lowest BCUT2D eigenvalue weighted by Crippen LogP contribution is -2.62. The van der Waals surface area contributed by atoms with Crippen LogP contribution in [0.15, 0.2) is 50.4 Å². The van der Waals surface area contributed by atoms with Crippen LogP contribution >= 0.6 is 0 Å². The molecule has 12 amide bonds. The monoisotopic (exact) mass is 1520 g/mol. The predicted molar refractivity (Wildman–Crippen MR) is 414 cm³/mol. The van der Waals surface area contributed by atoms with Crippen molar-refractivity contribution in [3.05, 3.63) is 36.0 Å². The maximum atomic E-state index is 14.9. The number of hydrogen-bond donors (Lipinski definition) is 22. The summed E-state index contributed by atoms with van der Waals surface area (Å²) in [6.07, 6.45) is 2.68. The quantitative estimate of drug-likeness (QED) is 0.0170. The third-order valence-electron chi connectivity index (χ3n) is 18.0. The van der Waals surface area contributed by atoms with Gasteiger partial charge in [0.2, 0.25) is 70.9 Å². The average Bonchev–Trinajstić information content (AvgIpc) is 1.58. The average molecular weight is 1520 g/mol. The van der Waals surface area contributed by atoms with Gasteiger partial charge in [-0.05, 0) is 105 Å². The van der Waals surface area contributed by atoms with Crippen LogP contribution in [0.2, 0.25) is 0 Å². The zero-order chi connectivity index (χ0) is 81.8. The van der Waals surface area contributed by atoms with E-state index in [1.54, 1.807) is 99.7 Å². The number of carbonyl (C=O) groups excluding carboxylic acids is 12. The van der Waals surface area contributed by atoms with E-state index in [1.165, 1.54) is 6.92 Å². The molecular weight excluding hydrogens is 1400 g/mol. The Morgan fingerprint density at radius 1 is 0.380 bits per heavy atom. The highest BCUT2D eigenvalue weighted by Gasteiger charge is 2.39. The van der Waals surface area contributed by atoms with Gasteiger partial charge in [0.1, 0.15) is 66.5 Å². The lowest BCUT2D eigenvalue weighted by molar-refractivity contribution is -0.137. The number of para-hydroxylation sites is 1. The molecule has 0 saturated carbocycles. The van der Waals surface area contributed by atoms with E-state index in [0.29, 0.717) is 29.3 Å². The minimum atomic E-state index is -1.46. The Morgan fingerprint density at radius 2 is 0.731 bits per heavy atom. The summed E-state index contributed by atoms with van der Waals surface area (Å²) in [6.45, 7) is 22.1. The van der Waals surface area contributed by atoms with E-state index in [9.17, 15) is 57.5 Å². The van der Waals surface area contributed by atoms with E-state index in [4.69, 9.17) is 57.3 Å². The molecule has 1 aromatic heterocycles. The second-order valence-electron chi connectivity index (χ2n) is 28.6. The summed E-state index contributed by atoms with van der Waals surface area (Å²) >= 11 is 0. The van der Waals surface area contributed by atoms with Crippen LogP contribution in [-0.4, -0.2) is 198 Å². The lowest BCUT2D eigenvalue weighted by Gasteiger charge is -2.31. The summed E-state index contributed by atoms with van der Waals surface area (Å²) in [6, 6.07) is -8.30. The van der Waals surface area contributed by atoms with Gasteiger partial charge in [-0.3, -0.25) is 77.5 Å². The number of primary amides is 1. The second-order valence-corrected chi connectivity index (χ2v) is 28.6. The third kappa shape index (κ3) is 33.1. The van der Waals surface area contributed by atoms with E-state index in [-0.39, 0.29) is 120 Å². The molecule has 14 atom stereocenters. The topological polar surface area (TPSA) is 663 Å². The summed E-state index contributed by atoms with van der Waals surface area (Å²) in [5, 5.41) is 30.5. The van der Waals surface area contributed by atoms with Crippen LogP contribution < -0.4 is 116 Å². The van der Waals surface area contributed by atoms with Crippen LogP contribution in [0.4, 0.5) is 0 Å². The maximum Gasteiger partial charge on any atom is 0.243 e. The SMILES string of the molecule is CC[C@H](C)[C@H](NC(=O)[C@H](CCCN=C(N)N)NC(=O)[C@@H](NC(=O)[C@H](C)NC(=O)[C@@H](NC(=O)[C@@H](NC(=O)[C@H](CC(C)C)NC(=O)[C@H](CCCN=C(N)N)NC(=O)[C@@H](N)C(C)C)[C@@H](C)CC)C(C)C)C(C)C)C(=O)N[C@@H](Cc1c[nH]c2ccccc12)C(=O)N[C@@H](CCN=C(N)N)C(=O)N[C@@H](CCCN=C(N)N)C(N)=O. The highest BCUT2D eigenvalue weighted by atomic mass is 16.2. The highest BCUT2D eigenvalue weighted by molar-refractivity contribution is 6.00. The lowest BCUT2D eigenvalue weighted by atomic mass is 9.95. The van der Waals surface area contributed by atoms with Crippen molar-refractivity contribution in [1.29, 1.82) is 0 Å². The first-order valence-electron chi connectivity index (χ1n) is 36.8. The highest BCUT2D eigenvalue weighted by Crippen LogP contribution is 2.21. The molecule has 606 valence electrons. The van der Waals surface area contributed by atoms with Gasteiger partial charge in [0, 0.05) is 49.7 Å². The number of carbonyl (C=O) groups is 12. The van der Waals surface area contributed by atoms with Crippen molar-refractivity contribution >= 4 is 106 Å². The minimum absolute atomic E-state index is 0.00395. The number of nitrogens with one attached hydrogen (secondary N) is 12. The van der Waals surface area contributed by atoms with E-state index >= 15 is 0 Å². The Morgan fingerprint density at radius 3 is 1.19 bits per heavy atom. The first kappa shape index (κ1) is 93.5. The number of nitrogens with zero attached hydrogens (tertiary/aromatic N) is 4. The molecule has 32 N–H and O–H groups in total. The summed E-state index contributed by atoms with van der Waals surface area (Å²) in [7, 11) is 0. The maximum absolute atomic E-state index is 14.9. The van der Waals surface area contributed by atoms with Crippen molar-refractivity contribution in [2.75, 3.05) is 26.2 Å². The molecule has 1 heterocycles. The number of rotatable bonds is 49. The van der Waals surface area contributed by atoms with Crippen LogP contribution in [0.1, 0.15) is 160 Å². The number of amides is 12. The second kappa shape index (κ2) is 47.2. The molecule has 0 radical (unpaired) electrons. The number of benzene rings is 1. The molecule has 38 nitrogen and oxygen atoms in total. The molecule has 0 bridgehead atoms. The molecule has 0 fully saturated rings. The van der Waals surface area contributed by atoms with Crippen molar-refractivity contribution in [3.63, 3.8) is 0 Å². The molecule has 2 rings (SSSR count). The molecule has 0 aliphatic rings. The van der Waals surface area contributed by atoms with Gasteiger partial charge in [-0.2, -0.15) is 0 Å². The summed E-state index contributed by atoms with van der Waals surface area (Å²) in [5.41, 5.74) is 57.4. The Labute approximate surface area is 632 Å². The Kier molecular flexibility index (Phi) is 40.9. The number of fused-ring (bicyclic) bond motifs is 1. The largest absolute Gasteiger partial charge is 0.370 e. The number of aromatic amines is 1. The number of hydrogen-bond acceptors (Lipinski definition) is 17. The molecule has 2 aromatic rings. The van der Waals surface area contributed by atoms with Crippen molar-refractivity contribution in [2.45, 2.75) is 233 Å². The molecule has 0 saturated heterocycles. The molecule has 0 aliphatic heterocycles. The Hall–Kier alpha value is -10.6. The fourth-order valence-corrected chi connectivity index (χ4v) is 11.1. The van der Waals surface area contributed by atoms with Gasteiger partial charge in [-0.1, -0.05) is 114 Å². The van der Waals surface area contributed by atoms with Crippen LogP contribution in [0, 0.1) is 35.5 Å². The molecular formula is C70H124N26O12. The van der Waals surface area contributed by atoms with Crippen molar-refractivity contribution in [1.82, 2.24) is 63.5 Å². The van der Waals surface area contributed by atoms with Gasteiger partial charge < -0.3 is 121 Å². The number of aromatic nitrogens is 1. The van der Waals surface area contributed by atoms with Gasteiger partial charge in [-0.15, -0.1) is 0 Å². The smallest absolute Gasteiger partial charge is 0.243 e. The summed E-state index contributed by atoms with van der Waals surface area (Å²) in [4.78, 5) is 189. The standard InChI is InChI=1S/C70H124N26O12/c1-14-38(11)53(65(107)92-49(32-41-33-85-43-22-17-16-21-42(41)43)60(102)88-47(26-30-84-70(79)80)58(100)87-44(55(72)97)23-18-27-81-67(73)74)95-59(101)46(25-20-29-83-69(77)78)90-64(106)52(37(9)10)93-56(98)40(13)86-63(105)51(36(7)8)94-66(108)54(39(12)15-2)96-61(103)48(31-34(3)4)91-57(99)45(24-19-28-82-68(75)76)89-62(104)50(71)35(5)6/h16-17,21-22,33-40,44-54,85H,14-15,18-20,23-32,71H2,1-13H3,(H2,72,97)(H,86,105)(H,87,100)(H,88,102)(H,89,104)(H,90,106)(H,91,99)(H,92,107)(H,93,98)(H,94,108)(H,95,101)(H,96,103)(H4,73,74,81)(H4,75,76,82)(H4,77,78,83)(H4,79,80,84)/t38-,39-,40-,44-,45-,46-,47-,48-,49-,50-,51-,52-,53-,54-/m0/s1. The van der Waals surface area contributed by atoms with Gasteiger partial charge in [0.05, 0.1) is 6.04 Å². The van der Waals surface area contributed by atoms with E-state index in [2.05, 4.69) is 83.4 Å².